The Balaban J connectivity index is 2.28. The minimum Gasteiger partial charge on any atom is -0.294 e. The highest BCUT2D eigenvalue weighted by Gasteiger charge is 2.25. The van der Waals surface area contributed by atoms with Crippen LogP contribution < -0.4 is 0 Å². The molecule has 19 heavy (non-hydrogen) atoms. The summed E-state index contributed by atoms with van der Waals surface area (Å²) in [5.74, 6) is -0.542. The van der Waals surface area contributed by atoms with Gasteiger partial charge in [-0.1, -0.05) is 30.3 Å². The second-order valence-corrected chi connectivity index (χ2v) is 4.59. The van der Waals surface area contributed by atoms with Gasteiger partial charge in [0.25, 0.3) is 0 Å². The van der Waals surface area contributed by atoms with Crippen molar-refractivity contribution in [2.24, 2.45) is 0 Å². The zero-order chi connectivity index (χ0) is 14.0. The van der Waals surface area contributed by atoms with Crippen LogP contribution in [0.5, 0.6) is 0 Å². The van der Waals surface area contributed by atoms with Gasteiger partial charge < -0.3 is 0 Å². The number of hydrogen-bond donors (Lipinski definition) is 0. The van der Waals surface area contributed by atoms with Crippen molar-refractivity contribution < 1.29 is 14.4 Å². The lowest BCUT2D eigenvalue weighted by Gasteiger charge is -2.14. The maximum Gasteiger partial charge on any atom is 0.185 e. The van der Waals surface area contributed by atoms with Gasteiger partial charge in [0.2, 0.25) is 0 Å². The zero-order valence-electron chi connectivity index (χ0n) is 10.9. The number of carbonyl (C=O) groups is 3. The third kappa shape index (κ3) is 2.60. The average molecular weight is 254 g/mol. The molecule has 0 atom stereocenters. The molecular weight excluding hydrogens is 240 g/mol. The van der Waals surface area contributed by atoms with Crippen molar-refractivity contribution in [1.29, 1.82) is 0 Å². The molecule has 1 aliphatic rings. The van der Waals surface area contributed by atoms with Crippen molar-refractivity contribution in [2.45, 2.75) is 20.3 Å². The summed E-state index contributed by atoms with van der Waals surface area (Å²) in [6.45, 7) is 3.19. The fourth-order valence-corrected chi connectivity index (χ4v) is 2.03. The summed E-state index contributed by atoms with van der Waals surface area (Å²) < 4.78 is 0. The highest BCUT2D eigenvalue weighted by molar-refractivity contribution is 6.24. The molecule has 0 N–H and O–H groups in total. The fourth-order valence-electron chi connectivity index (χ4n) is 2.03. The van der Waals surface area contributed by atoms with E-state index in [0.29, 0.717) is 22.3 Å². The van der Waals surface area contributed by atoms with Gasteiger partial charge in [-0.15, -0.1) is 0 Å². The summed E-state index contributed by atoms with van der Waals surface area (Å²) in [5.41, 5.74) is 1.64. The Morgan fingerprint density at radius 3 is 2.32 bits per heavy atom. The molecule has 3 nitrogen and oxygen atoms in total. The lowest BCUT2D eigenvalue weighted by molar-refractivity contribution is -0.115. The highest BCUT2D eigenvalue weighted by atomic mass is 16.1. The van der Waals surface area contributed by atoms with E-state index in [1.807, 2.05) is 6.07 Å². The summed E-state index contributed by atoms with van der Waals surface area (Å²) in [6.07, 6.45) is 1.31. The summed E-state index contributed by atoms with van der Waals surface area (Å²) >= 11 is 0. The molecule has 0 radical (unpaired) electrons. The minimum atomic E-state index is -0.207. The van der Waals surface area contributed by atoms with Gasteiger partial charge in [0.05, 0.1) is 0 Å². The first kappa shape index (κ1) is 13.1. The number of ketones is 3. The van der Waals surface area contributed by atoms with Crippen LogP contribution in [-0.2, 0) is 9.59 Å². The molecule has 0 aromatic heterocycles. The molecule has 1 aromatic carbocycles. The van der Waals surface area contributed by atoms with E-state index in [2.05, 4.69) is 0 Å². The van der Waals surface area contributed by atoms with E-state index in [1.165, 1.54) is 6.08 Å². The van der Waals surface area contributed by atoms with Crippen molar-refractivity contribution in [3.63, 3.8) is 0 Å². The van der Waals surface area contributed by atoms with Gasteiger partial charge in [0.1, 0.15) is 0 Å². The van der Waals surface area contributed by atoms with E-state index < -0.39 is 0 Å². The van der Waals surface area contributed by atoms with Gasteiger partial charge in [0, 0.05) is 28.7 Å². The molecule has 0 bridgehead atoms. The van der Waals surface area contributed by atoms with Crippen molar-refractivity contribution in [1.82, 2.24) is 0 Å². The minimum absolute atomic E-state index is 0.0222. The number of Topliss-reactive ketones (excluding diaryl/α,β-unsaturated/α-hetero) is 2. The Kier molecular flexibility index (Phi) is 3.56. The Bertz CT molecular complexity index is 619. The summed E-state index contributed by atoms with van der Waals surface area (Å²) in [6, 6.07) is 8.77. The second-order valence-electron chi connectivity index (χ2n) is 4.59. The van der Waals surface area contributed by atoms with Gasteiger partial charge in [-0.2, -0.15) is 0 Å². The van der Waals surface area contributed by atoms with E-state index >= 15 is 0 Å². The fraction of sp³-hybridized carbons (Fsp3) is 0.188. The largest absolute Gasteiger partial charge is 0.294 e. The van der Waals surface area contributed by atoms with Gasteiger partial charge >= 0.3 is 0 Å². The molecule has 1 aliphatic carbocycles. The lowest BCUT2D eigenvalue weighted by atomic mass is 9.87. The number of carbonyl (C=O) groups excluding carboxylic acids is 3. The van der Waals surface area contributed by atoms with Crippen LogP contribution >= 0.6 is 0 Å². The van der Waals surface area contributed by atoms with Crippen molar-refractivity contribution in [2.75, 3.05) is 0 Å². The summed E-state index contributed by atoms with van der Waals surface area (Å²) in [4.78, 5) is 35.8. The number of hydrogen-bond acceptors (Lipinski definition) is 3. The molecular formula is C16H14O3. The molecule has 2 rings (SSSR count). The molecule has 0 unspecified atom stereocenters. The Hall–Kier alpha value is -2.29. The van der Waals surface area contributed by atoms with Gasteiger partial charge in [0.15, 0.2) is 17.3 Å². The maximum atomic E-state index is 12.1. The first-order valence-corrected chi connectivity index (χ1v) is 6.06. The van der Waals surface area contributed by atoms with E-state index in [4.69, 9.17) is 0 Å². The predicted octanol–water partition coefficient (Wildman–Crippen LogP) is 2.67. The van der Waals surface area contributed by atoms with Crippen LogP contribution in [0.25, 0.3) is 0 Å². The average Bonchev–Trinajstić information content (AvgIpc) is 2.42. The quantitative estimate of drug-likeness (QED) is 0.615. The van der Waals surface area contributed by atoms with Crippen molar-refractivity contribution in [3.8, 4) is 0 Å². The molecule has 0 spiro atoms. The second kappa shape index (κ2) is 5.14. The molecule has 0 aliphatic heterocycles. The highest BCUT2D eigenvalue weighted by Crippen LogP contribution is 2.23. The van der Waals surface area contributed by atoms with Gasteiger partial charge in [-0.05, 0) is 19.9 Å². The zero-order valence-corrected chi connectivity index (χ0v) is 10.9. The smallest absolute Gasteiger partial charge is 0.185 e. The Labute approximate surface area is 111 Å². The van der Waals surface area contributed by atoms with E-state index in [0.717, 1.165) is 0 Å². The predicted molar refractivity (Wildman–Crippen MR) is 71.9 cm³/mol. The number of rotatable bonds is 3. The summed E-state index contributed by atoms with van der Waals surface area (Å²) in [7, 11) is 0. The number of benzene rings is 1. The molecule has 0 saturated carbocycles. The first-order chi connectivity index (χ1) is 9.00. The van der Waals surface area contributed by atoms with Gasteiger partial charge in [-0.25, -0.2) is 0 Å². The maximum absolute atomic E-state index is 12.1. The third-order valence-electron chi connectivity index (χ3n) is 3.24. The molecule has 0 heterocycles. The molecule has 1 aromatic rings. The monoisotopic (exact) mass is 254 g/mol. The Morgan fingerprint density at radius 1 is 1.05 bits per heavy atom. The standard InChI is InChI=1S/C16H14O3/c1-10-8-14(17)11(2)13(16(10)19)9-15(18)12-6-4-3-5-7-12/h3-8H,9H2,1-2H3. The topological polar surface area (TPSA) is 51.2 Å². The Morgan fingerprint density at radius 2 is 1.68 bits per heavy atom. The molecule has 96 valence electrons. The van der Waals surface area contributed by atoms with E-state index in [9.17, 15) is 14.4 Å². The van der Waals surface area contributed by atoms with Crippen molar-refractivity contribution in [3.05, 3.63) is 58.7 Å². The molecule has 0 fully saturated rings. The van der Waals surface area contributed by atoms with Crippen LogP contribution in [0.15, 0.2) is 53.1 Å². The van der Waals surface area contributed by atoms with E-state index in [1.54, 1.807) is 38.1 Å². The normalized spacial score (nSPS) is 15.6. The first-order valence-electron chi connectivity index (χ1n) is 6.06. The van der Waals surface area contributed by atoms with Crippen LogP contribution in [0.1, 0.15) is 30.6 Å². The molecule has 0 saturated heterocycles. The van der Waals surface area contributed by atoms with Crippen molar-refractivity contribution >= 4 is 17.3 Å². The molecule has 3 heteroatoms. The lowest BCUT2D eigenvalue weighted by Crippen LogP contribution is -2.19. The summed E-state index contributed by atoms with van der Waals surface area (Å²) in [5, 5.41) is 0. The van der Waals surface area contributed by atoms with Crippen LogP contribution in [0.4, 0.5) is 0 Å². The van der Waals surface area contributed by atoms with Crippen LogP contribution in [-0.4, -0.2) is 17.3 Å². The van der Waals surface area contributed by atoms with E-state index in [-0.39, 0.29) is 23.8 Å². The third-order valence-corrected chi connectivity index (χ3v) is 3.24. The SMILES string of the molecule is CC1=CC(=O)C(C)=C(CC(=O)c2ccccc2)C1=O. The number of allylic oxidation sites excluding steroid dienone is 4. The molecule has 0 amide bonds. The van der Waals surface area contributed by atoms with Crippen LogP contribution in [0.3, 0.4) is 0 Å². The van der Waals surface area contributed by atoms with Crippen LogP contribution in [0.2, 0.25) is 0 Å². The van der Waals surface area contributed by atoms with Crippen LogP contribution in [0, 0.1) is 0 Å². The van der Waals surface area contributed by atoms with Gasteiger partial charge in [-0.3, -0.25) is 14.4 Å².